The Kier molecular flexibility index (Phi) is 28.0. The molecule has 38 heteroatoms. The number of rotatable bonds is 22. The van der Waals surface area contributed by atoms with Gasteiger partial charge in [-0.3, -0.25) is 45.3 Å². The Morgan fingerprint density at radius 3 is 1.23 bits per heavy atom. The van der Waals surface area contributed by atoms with Gasteiger partial charge in [-0.15, -0.1) is 5.10 Å². The van der Waals surface area contributed by atoms with Gasteiger partial charge in [-0.2, -0.15) is 67.6 Å². The average Bonchev–Trinajstić information content (AvgIpc) is 1.73. The number of methoxy groups -OCH3 is 3. The summed E-state index contributed by atoms with van der Waals surface area (Å²) < 4.78 is 141. The second-order valence-corrected chi connectivity index (χ2v) is 22.6. The molecule has 0 atom stereocenters. The predicted molar refractivity (Wildman–Crippen MR) is 362 cm³/mol. The van der Waals surface area contributed by atoms with Gasteiger partial charge >= 0.3 is 18.5 Å². The fourth-order valence-corrected chi connectivity index (χ4v) is 9.77. The third-order valence-electron chi connectivity index (χ3n) is 13.3. The minimum atomic E-state index is -4.48. The molecule has 0 aliphatic carbocycles. The molecule has 8 aromatic heterocycles. The Bertz CT molecular complexity index is 4280. The van der Waals surface area contributed by atoms with Crippen LogP contribution in [0.15, 0.2) is 146 Å². The molecular formula is C63H62F9N19O7S3. The molecule has 8 heterocycles. The van der Waals surface area contributed by atoms with E-state index in [9.17, 15) is 53.9 Å². The van der Waals surface area contributed by atoms with Crippen molar-refractivity contribution in [1.29, 1.82) is 0 Å². The van der Waals surface area contributed by atoms with Crippen LogP contribution in [-0.4, -0.2) is 163 Å². The van der Waals surface area contributed by atoms with Crippen molar-refractivity contribution in [1.82, 2.24) is 68.5 Å². The van der Waals surface area contributed by atoms with Crippen molar-refractivity contribution < 1.29 is 72.9 Å². The van der Waals surface area contributed by atoms with Crippen LogP contribution in [0.3, 0.4) is 0 Å². The summed E-state index contributed by atoms with van der Waals surface area (Å²) >= 11 is 2.81. The number of hydrogen-bond acceptors (Lipinski definition) is 25. The number of likely N-dealkylation sites (N-methyl/N-ethyl adjacent to an activating group) is 3. The fourth-order valence-electron chi connectivity index (χ4n) is 8.05. The number of benzene rings is 3. The lowest BCUT2D eigenvalue weighted by molar-refractivity contribution is -0.138. The Labute approximate surface area is 582 Å². The van der Waals surface area contributed by atoms with Crippen molar-refractivity contribution in [3.8, 4) is 40.3 Å². The summed E-state index contributed by atoms with van der Waals surface area (Å²) in [6, 6.07) is 25.7. The van der Waals surface area contributed by atoms with Crippen LogP contribution in [0.5, 0.6) is 5.75 Å². The number of alkyl halides is 9. The number of aromatic nitrogens is 13. The zero-order chi connectivity index (χ0) is 72.0. The van der Waals surface area contributed by atoms with Crippen LogP contribution in [0.25, 0.3) is 45.7 Å². The second kappa shape index (κ2) is 36.4. The summed E-state index contributed by atoms with van der Waals surface area (Å²) in [7, 11) is 10.7. The van der Waals surface area contributed by atoms with Crippen molar-refractivity contribution >= 4 is 90.3 Å². The Morgan fingerprint density at radius 2 is 0.871 bits per heavy atom. The number of carbonyl (C=O) groups excluding carboxylic acids is 3. The van der Waals surface area contributed by atoms with E-state index in [2.05, 4.69) is 79.6 Å². The van der Waals surface area contributed by atoms with Crippen LogP contribution in [0.4, 0.5) is 66.3 Å². The lowest BCUT2D eigenvalue weighted by atomic mass is 10.1. The summed E-state index contributed by atoms with van der Waals surface area (Å²) in [6.45, 7) is 4.28. The molecule has 0 radical (unpaired) electrons. The van der Waals surface area contributed by atoms with Crippen molar-refractivity contribution in [3.63, 3.8) is 0 Å². The van der Waals surface area contributed by atoms with Gasteiger partial charge in [0.05, 0.1) is 36.5 Å². The molecule has 0 fully saturated rings. The Hall–Kier alpha value is -10.6. The van der Waals surface area contributed by atoms with Gasteiger partial charge in [-0.25, -0.2) is 4.98 Å². The fraction of sp³-hybridized carbons (Fsp3) is 0.254. The number of nitrogens with zero attached hydrogens (tertiary/aromatic N) is 15. The summed E-state index contributed by atoms with van der Waals surface area (Å²) in [5.41, 5.74) is 1.96. The molecule has 11 aromatic rings. The zero-order valence-electron chi connectivity index (χ0n) is 53.3. The number of amides is 3. The van der Waals surface area contributed by atoms with E-state index in [1.54, 1.807) is 64.2 Å². The summed E-state index contributed by atoms with van der Waals surface area (Å²) in [6.07, 6.45) is -7.05. The Morgan fingerprint density at radius 1 is 0.495 bits per heavy atom. The summed E-state index contributed by atoms with van der Waals surface area (Å²) in [5.74, 6) is -0.506. The van der Waals surface area contributed by atoms with Gasteiger partial charge in [0, 0.05) is 155 Å². The Balaban J connectivity index is 0.000000203. The van der Waals surface area contributed by atoms with Crippen LogP contribution >= 0.6 is 34.6 Å². The minimum Gasteiger partial charge on any atom is -0.383 e. The van der Waals surface area contributed by atoms with E-state index < -0.39 is 52.9 Å². The van der Waals surface area contributed by atoms with Gasteiger partial charge in [0.15, 0.2) is 23.2 Å². The first kappa shape index (κ1) is 77.7. The van der Waals surface area contributed by atoms with Crippen LogP contribution < -0.4 is 35.9 Å². The first-order chi connectivity index (χ1) is 47.8. The van der Waals surface area contributed by atoms with Crippen LogP contribution in [0.2, 0.25) is 0 Å². The molecule has 11 rings (SSSR count). The van der Waals surface area contributed by atoms with E-state index in [1.807, 2.05) is 55.2 Å². The molecule has 0 unspecified atom stereocenters. The number of pyridine rings is 4. The highest BCUT2D eigenvalue weighted by Gasteiger charge is 2.32. The molecule has 3 aromatic carbocycles. The van der Waals surface area contributed by atoms with E-state index in [4.69, 9.17) is 19.0 Å². The average molecular weight is 1460 g/mol. The van der Waals surface area contributed by atoms with E-state index in [0.717, 1.165) is 132 Å². The maximum atomic E-state index is 12.7. The molecule has 0 saturated heterocycles. The first-order valence-corrected chi connectivity index (χ1v) is 31.4. The molecule has 101 heavy (non-hydrogen) atoms. The quantitative estimate of drug-likeness (QED) is 0.0362. The number of carbonyl (C=O) groups is 3. The first-order valence-electron chi connectivity index (χ1n) is 29.1. The molecular weight excluding hydrogens is 1400 g/mol. The highest BCUT2D eigenvalue weighted by atomic mass is 32.1. The lowest BCUT2D eigenvalue weighted by Crippen LogP contribution is -2.22. The molecule has 26 nitrogen and oxygen atoms in total. The van der Waals surface area contributed by atoms with Gasteiger partial charge in [0.1, 0.15) is 22.6 Å². The van der Waals surface area contributed by atoms with Gasteiger partial charge in [0.25, 0.3) is 17.7 Å². The lowest BCUT2D eigenvalue weighted by Gasteiger charge is -2.18. The van der Waals surface area contributed by atoms with E-state index in [-0.39, 0.29) is 45.3 Å². The number of nitrogens with one attached hydrogen (secondary N) is 4. The predicted octanol–water partition coefficient (Wildman–Crippen LogP) is 12.2. The molecule has 4 N–H and O–H groups in total. The summed E-state index contributed by atoms with van der Waals surface area (Å²) in [4.78, 5) is 77.4. The van der Waals surface area contributed by atoms with Crippen molar-refractivity contribution in [3.05, 3.63) is 179 Å². The van der Waals surface area contributed by atoms with E-state index in [1.165, 1.54) is 11.0 Å². The molecule has 0 saturated carbocycles. The maximum Gasteiger partial charge on any atom is 0.416 e. The number of ether oxygens (including phenoxy) is 3. The number of fused-ring (bicyclic) bond motifs is 1. The minimum absolute atomic E-state index is 0. The standard InChI is InChI=1S/C20H11F3N8O2S.2C19H18F3N5O2S.C4H11NO.CH4/c21-20(22,23)12-5-3-11(4-6-12)18(32)27-19-26-16(29-34-19)15-10-13(7-9-24-15)33-31-17-14(28-30-31)2-1-8-25-17;2*1-27(9-10-29-2)14-7-8-23-15(11-14)16-24-18(30-26-16)25-17(28)12-3-5-13(6-4-12)19(20,21)22;1-5-3-4-6-2;/h1-10H,(H,26,27,29,32);2*3-8,11H,9-10H2,1-2H3,(H,24,25,26,28);5H,3-4H2,1-2H3;1H4. The normalized spacial score (nSPS) is 11.2. The topological polar surface area (TPSA) is 302 Å². The van der Waals surface area contributed by atoms with Crippen LogP contribution in [0, 0.1) is 0 Å². The molecule has 532 valence electrons. The van der Waals surface area contributed by atoms with Crippen LogP contribution in [0.1, 0.15) is 55.2 Å². The van der Waals surface area contributed by atoms with Crippen molar-refractivity contribution in [2.75, 3.05) is 108 Å². The maximum absolute atomic E-state index is 12.7. The number of anilines is 5. The number of hydrogen-bond donors (Lipinski definition) is 4. The van der Waals surface area contributed by atoms with Gasteiger partial charge in [-0.05, 0) is 121 Å². The molecule has 0 bridgehead atoms. The smallest absolute Gasteiger partial charge is 0.383 e. The highest BCUT2D eigenvalue weighted by Crippen LogP contribution is 2.33. The third kappa shape index (κ3) is 22.7. The van der Waals surface area contributed by atoms with Gasteiger partial charge in [0.2, 0.25) is 21.0 Å². The van der Waals surface area contributed by atoms with E-state index >= 15 is 0 Å². The number of halogens is 9. The zero-order valence-corrected chi connectivity index (χ0v) is 55.7. The molecule has 0 aliphatic heterocycles. The van der Waals surface area contributed by atoms with Gasteiger partial charge < -0.3 is 34.2 Å². The highest BCUT2D eigenvalue weighted by molar-refractivity contribution is 7.10. The third-order valence-corrected chi connectivity index (χ3v) is 15.2. The monoisotopic (exact) mass is 1460 g/mol. The van der Waals surface area contributed by atoms with Crippen molar-refractivity contribution in [2.24, 2.45) is 0 Å². The molecule has 0 spiro atoms. The van der Waals surface area contributed by atoms with Crippen LogP contribution in [-0.2, 0) is 32.7 Å². The molecule has 3 amide bonds. The SMILES string of the molecule is C.CNCCOC.COCCN(C)c1ccnc(-c2nsc(NC(=O)c3ccc(C(F)(F)F)cc3)n2)c1.COCCN(C)c1ccnc(-c2nsc(NC(=O)c3ccc(C(F)(F)F)cc3)n2)c1.O=C(Nc1nc(-c2cc(On3nnc4cccnc43)ccn2)ns1)c1ccc(C(F)(F)F)cc1. The van der Waals surface area contributed by atoms with E-state index in [0.29, 0.717) is 71.9 Å². The van der Waals surface area contributed by atoms with Crippen molar-refractivity contribution in [2.45, 2.75) is 26.0 Å². The second-order valence-electron chi connectivity index (χ2n) is 20.4. The van der Waals surface area contributed by atoms with Gasteiger partial charge in [-0.1, -0.05) is 12.3 Å². The largest absolute Gasteiger partial charge is 0.416 e. The molecule has 0 aliphatic rings. The summed E-state index contributed by atoms with van der Waals surface area (Å²) in [5, 5.41) is 19.0.